The minimum Gasteiger partial charge on any atom is -0.275 e. The number of carbonyl (C=O) groups excluding carboxylic acids is 1. The fourth-order valence-corrected chi connectivity index (χ4v) is 1.26. The molecule has 0 saturated carbocycles. The number of aromatic amines is 1. The van der Waals surface area contributed by atoms with Crippen LogP contribution in [0.15, 0.2) is 24.7 Å². The third kappa shape index (κ3) is 1.72. The Balaban J connectivity index is 2.43. The summed E-state index contributed by atoms with van der Waals surface area (Å²) in [5.41, 5.74) is 3.46. The van der Waals surface area contributed by atoms with Gasteiger partial charge in [-0.3, -0.25) is 9.40 Å². The highest BCUT2D eigenvalue weighted by Gasteiger charge is 2.13. The molecule has 1 amide bonds. The maximum absolute atomic E-state index is 11.3. The van der Waals surface area contributed by atoms with Gasteiger partial charge in [-0.15, -0.1) is 5.10 Å². The zero-order valence-corrected chi connectivity index (χ0v) is 7.93. The van der Waals surface area contributed by atoms with E-state index in [2.05, 4.69) is 15.4 Å². The van der Waals surface area contributed by atoms with Crippen LogP contribution >= 0.6 is 0 Å². The Labute approximate surface area is 84.2 Å². The lowest BCUT2D eigenvalue weighted by Gasteiger charge is -2.05. The molecule has 0 aromatic carbocycles. The first-order chi connectivity index (χ1) is 7.20. The zero-order chi connectivity index (χ0) is 10.8. The molecule has 2 rings (SSSR count). The topological polar surface area (TPSA) is 82.0 Å². The summed E-state index contributed by atoms with van der Waals surface area (Å²) in [5.74, 6) is 0. The highest BCUT2D eigenvalue weighted by molar-refractivity contribution is 5.77. The minimum atomic E-state index is -0.438. The molecule has 0 aliphatic carbocycles. The Kier molecular flexibility index (Phi) is 2.22. The van der Waals surface area contributed by atoms with Crippen molar-refractivity contribution in [3.05, 3.63) is 29.6 Å². The second-order valence-corrected chi connectivity index (χ2v) is 2.90. The monoisotopic (exact) mass is 209 g/mol. The first-order valence-electron chi connectivity index (χ1n) is 4.17. The molecule has 2 aliphatic rings. The summed E-state index contributed by atoms with van der Waals surface area (Å²) in [4.78, 5) is 26.7. The van der Waals surface area contributed by atoms with E-state index in [0.717, 1.165) is 5.56 Å². The molecule has 2 heterocycles. The maximum atomic E-state index is 11.3. The van der Waals surface area contributed by atoms with Crippen molar-refractivity contribution in [2.24, 2.45) is 0 Å². The van der Waals surface area contributed by atoms with Crippen LogP contribution in [0, 0.1) is 4.91 Å². The van der Waals surface area contributed by atoms with Crippen LogP contribution < -0.4 is 10.0 Å². The Bertz CT molecular complexity index is 515. The van der Waals surface area contributed by atoms with Crippen LogP contribution in [0.1, 0.15) is 0 Å². The summed E-state index contributed by atoms with van der Waals surface area (Å²) in [6.07, 6.45) is 4.41. The number of hydroxylamine groups is 1. The second-order valence-electron chi connectivity index (χ2n) is 2.90. The first kappa shape index (κ1) is 9.41. The number of hydrogen-bond donors (Lipinski definition) is 2. The molecule has 0 fully saturated rings. The molecule has 0 aromatic rings. The number of carbonyl (C=O) groups is 1. The van der Waals surface area contributed by atoms with E-state index in [1.54, 1.807) is 6.07 Å². The third-order valence-electron chi connectivity index (χ3n) is 1.90. The predicted molar refractivity (Wildman–Crippen MR) is 49.7 cm³/mol. The van der Waals surface area contributed by atoms with Gasteiger partial charge in [-0.25, -0.2) is 10.3 Å². The number of nitrogens with zero attached hydrogens (tertiary/aromatic N) is 2. The van der Waals surface area contributed by atoms with Gasteiger partial charge in [0.2, 0.25) is 0 Å². The van der Waals surface area contributed by atoms with Crippen molar-refractivity contribution < 1.29 is 14.2 Å². The van der Waals surface area contributed by atoms with Gasteiger partial charge in [-0.1, -0.05) is 0 Å². The van der Waals surface area contributed by atoms with Crippen LogP contribution in [0.4, 0.5) is 4.79 Å². The molecule has 2 N–H and O–H groups in total. The van der Waals surface area contributed by atoms with Crippen molar-refractivity contribution in [2.45, 2.75) is 0 Å². The average molecular weight is 209 g/mol. The standard InChI is InChI=1S/C8H8N4O3/c1-15-10-8(13)11-3-2-6-4-12(14)9-7(6)5-11/h2-5H,1H3,(H-,9,10,13,14)/p+1. The van der Waals surface area contributed by atoms with Gasteiger partial charge in [0.25, 0.3) is 6.20 Å². The molecule has 0 atom stereocenters. The first-order valence-corrected chi connectivity index (χ1v) is 4.17. The van der Waals surface area contributed by atoms with Crippen LogP contribution in [0.25, 0.3) is 11.3 Å². The molecule has 15 heavy (non-hydrogen) atoms. The number of amides is 1. The summed E-state index contributed by atoms with van der Waals surface area (Å²) >= 11 is 0. The van der Waals surface area contributed by atoms with E-state index in [4.69, 9.17) is 0 Å². The molecule has 0 spiro atoms. The minimum absolute atomic E-state index is 0.438. The molecule has 0 aromatic heterocycles. The van der Waals surface area contributed by atoms with Crippen molar-refractivity contribution in [1.29, 1.82) is 0 Å². The molecule has 0 radical (unpaired) electrons. The summed E-state index contributed by atoms with van der Waals surface area (Å²) in [6, 6.07) is 1.21. The number of nitrogens with one attached hydrogen (secondary N) is 2. The molecular weight excluding hydrogens is 200 g/mol. The number of hydrogen-bond acceptors (Lipinski definition) is 3. The lowest BCUT2D eigenvalue weighted by Crippen LogP contribution is -2.27. The highest BCUT2D eigenvalue weighted by atomic mass is 16.6. The van der Waals surface area contributed by atoms with Crippen LogP contribution in [-0.2, 0) is 4.84 Å². The predicted octanol–water partition coefficient (Wildman–Crippen LogP) is -0.0454. The maximum Gasteiger partial charge on any atom is 0.349 e. The van der Waals surface area contributed by atoms with Crippen LogP contribution in [-0.4, -0.2) is 22.8 Å². The van der Waals surface area contributed by atoms with Gasteiger partial charge in [0.05, 0.1) is 17.6 Å². The van der Waals surface area contributed by atoms with Gasteiger partial charge < -0.3 is 0 Å². The fourth-order valence-electron chi connectivity index (χ4n) is 1.26. The van der Waals surface area contributed by atoms with Gasteiger partial charge in [0, 0.05) is 12.4 Å². The molecule has 7 heteroatoms. The molecule has 78 valence electrons. The van der Waals surface area contributed by atoms with Crippen molar-refractivity contribution in [3.63, 3.8) is 0 Å². The lowest BCUT2D eigenvalue weighted by atomic mass is 10.2. The van der Waals surface area contributed by atoms with Gasteiger partial charge in [0.15, 0.2) is 4.54 Å². The Morgan fingerprint density at radius 1 is 1.67 bits per heavy atom. The number of pyridine rings is 1. The SMILES string of the molecule is CONC(=O)n1ccc2c[n+](=O)[nH]c-2c1. The summed E-state index contributed by atoms with van der Waals surface area (Å²) in [7, 11) is 1.34. The van der Waals surface area contributed by atoms with E-state index in [1.807, 2.05) is 0 Å². The molecule has 0 unspecified atom stereocenters. The molecule has 0 bridgehead atoms. The van der Waals surface area contributed by atoms with Crippen molar-refractivity contribution in [2.75, 3.05) is 7.11 Å². The normalized spacial score (nSPS) is 10.5. The van der Waals surface area contributed by atoms with Crippen LogP contribution in [0.2, 0.25) is 0 Å². The van der Waals surface area contributed by atoms with E-state index in [0.29, 0.717) is 10.2 Å². The highest BCUT2D eigenvalue weighted by Crippen LogP contribution is 2.14. The number of aromatic nitrogens is 3. The quantitative estimate of drug-likeness (QED) is 0.510. The summed E-state index contributed by atoms with van der Waals surface area (Å²) in [6.45, 7) is 0. The van der Waals surface area contributed by atoms with E-state index >= 15 is 0 Å². The largest absolute Gasteiger partial charge is 0.349 e. The van der Waals surface area contributed by atoms with E-state index in [-0.39, 0.29) is 0 Å². The Morgan fingerprint density at radius 2 is 2.47 bits per heavy atom. The molecule has 0 saturated heterocycles. The lowest BCUT2D eigenvalue weighted by molar-refractivity contribution is -0.557. The van der Waals surface area contributed by atoms with Crippen LogP contribution in [0.3, 0.4) is 0 Å². The summed E-state index contributed by atoms with van der Waals surface area (Å²) < 4.78 is 1.84. The third-order valence-corrected chi connectivity index (χ3v) is 1.90. The summed E-state index contributed by atoms with van der Waals surface area (Å²) in [5, 5.41) is 2.52. The molecule has 2 aliphatic heterocycles. The van der Waals surface area contributed by atoms with Crippen molar-refractivity contribution in [3.8, 4) is 11.3 Å². The van der Waals surface area contributed by atoms with Gasteiger partial charge in [0.1, 0.15) is 5.69 Å². The van der Waals surface area contributed by atoms with E-state index in [1.165, 1.54) is 30.3 Å². The second kappa shape index (κ2) is 3.54. The van der Waals surface area contributed by atoms with Crippen molar-refractivity contribution in [1.82, 2.24) is 15.1 Å². The van der Waals surface area contributed by atoms with E-state index in [9.17, 15) is 9.70 Å². The van der Waals surface area contributed by atoms with Crippen molar-refractivity contribution >= 4 is 6.03 Å². The average Bonchev–Trinajstić information content (AvgIpc) is 2.57. The number of fused-ring (bicyclic) bond motifs is 1. The zero-order valence-electron chi connectivity index (χ0n) is 7.93. The number of rotatable bonds is 1. The Hall–Kier alpha value is -2.15. The number of H-pyrrole nitrogens is 1. The van der Waals surface area contributed by atoms with Gasteiger partial charge >= 0.3 is 6.03 Å². The smallest absolute Gasteiger partial charge is 0.275 e. The van der Waals surface area contributed by atoms with Gasteiger partial charge in [-0.05, 0) is 6.07 Å². The fraction of sp³-hybridized carbons (Fsp3) is 0.125. The molecule has 7 nitrogen and oxygen atoms in total. The van der Waals surface area contributed by atoms with Gasteiger partial charge in [-0.2, -0.15) is 0 Å². The molecular formula is C8H9N4O3+. The Morgan fingerprint density at radius 3 is 3.20 bits per heavy atom. The van der Waals surface area contributed by atoms with Crippen LogP contribution in [0.5, 0.6) is 0 Å². The van der Waals surface area contributed by atoms with E-state index < -0.39 is 6.03 Å².